The summed E-state index contributed by atoms with van der Waals surface area (Å²) in [6.45, 7) is 2.84. The van der Waals surface area contributed by atoms with Crippen LogP contribution in [0.25, 0.3) is 0 Å². The summed E-state index contributed by atoms with van der Waals surface area (Å²) in [7, 11) is 0. The number of nitrogens with one attached hydrogen (secondary N) is 1. The fraction of sp³-hybridized carbons (Fsp3) is 0.562. The number of benzene rings is 1. The van der Waals surface area contributed by atoms with Gasteiger partial charge in [-0.1, -0.05) is 30.3 Å². The molecule has 2 atom stereocenters. The molecule has 2 saturated heterocycles. The molecule has 1 amide bonds. The number of carbonyl (C=O) groups is 1. The first-order valence-electron chi connectivity index (χ1n) is 7.42. The minimum Gasteiger partial charge on any atom is -0.335 e. The van der Waals surface area contributed by atoms with Crippen molar-refractivity contribution in [2.24, 2.45) is 5.92 Å². The topological polar surface area (TPSA) is 32.3 Å². The molecule has 0 aliphatic carbocycles. The average Bonchev–Trinajstić information content (AvgIpc) is 2.98. The number of halogens is 1. The van der Waals surface area contributed by atoms with Gasteiger partial charge >= 0.3 is 0 Å². The van der Waals surface area contributed by atoms with Crippen molar-refractivity contribution in [1.29, 1.82) is 0 Å². The Morgan fingerprint density at radius 1 is 1.15 bits per heavy atom. The number of hydrogen-bond acceptors (Lipinski definition) is 2. The zero-order valence-electron chi connectivity index (χ0n) is 11.8. The zero-order chi connectivity index (χ0) is 13.1. The molecule has 3 rings (SSSR count). The van der Waals surface area contributed by atoms with E-state index >= 15 is 0 Å². The molecular weight excluding hydrogens is 272 g/mol. The van der Waals surface area contributed by atoms with Crippen molar-refractivity contribution >= 4 is 18.3 Å². The average molecular weight is 295 g/mol. The van der Waals surface area contributed by atoms with Gasteiger partial charge < -0.3 is 10.2 Å². The van der Waals surface area contributed by atoms with Crippen LogP contribution in [0.5, 0.6) is 0 Å². The molecule has 0 aromatic heterocycles. The van der Waals surface area contributed by atoms with Crippen molar-refractivity contribution in [3.63, 3.8) is 0 Å². The molecule has 2 fully saturated rings. The molecule has 0 radical (unpaired) electrons. The van der Waals surface area contributed by atoms with Crippen molar-refractivity contribution in [3.05, 3.63) is 35.9 Å². The smallest absolute Gasteiger partial charge is 0.227 e. The van der Waals surface area contributed by atoms with Gasteiger partial charge in [-0.25, -0.2) is 0 Å². The Kier molecular flexibility index (Phi) is 5.44. The standard InChI is InChI=1S/C16H22N2O.ClH/c19-16(14-8-4-10-17-12-14)18-11-5-9-15(18)13-6-2-1-3-7-13;/h1-3,6-7,14-15,17H,4-5,8-12H2;1H/t14-,15?;/m1./s1. The van der Waals surface area contributed by atoms with Crippen molar-refractivity contribution < 1.29 is 4.79 Å². The summed E-state index contributed by atoms with van der Waals surface area (Å²) in [6.07, 6.45) is 4.41. The Labute approximate surface area is 127 Å². The molecule has 20 heavy (non-hydrogen) atoms. The van der Waals surface area contributed by atoms with Crippen LogP contribution >= 0.6 is 12.4 Å². The Morgan fingerprint density at radius 3 is 2.65 bits per heavy atom. The lowest BCUT2D eigenvalue weighted by Gasteiger charge is -2.31. The van der Waals surface area contributed by atoms with Crippen LogP contribution in [-0.4, -0.2) is 30.4 Å². The number of likely N-dealkylation sites (tertiary alicyclic amines) is 1. The number of hydrogen-bond donors (Lipinski definition) is 1. The van der Waals surface area contributed by atoms with Crippen molar-refractivity contribution in [3.8, 4) is 0 Å². The molecule has 1 aromatic carbocycles. The second-order valence-corrected chi connectivity index (χ2v) is 5.64. The van der Waals surface area contributed by atoms with Gasteiger partial charge in [0.1, 0.15) is 0 Å². The van der Waals surface area contributed by atoms with Crippen molar-refractivity contribution in [2.75, 3.05) is 19.6 Å². The van der Waals surface area contributed by atoms with E-state index in [1.165, 1.54) is 5.56 Å². The lowest BCUT2D eigenvalue weighted by Crippen LogP contribution is -2.42. The van der Waals surface area contributed by atoms with Crippen LogP contribution < -0.4 is 5.32 Å². The molecule has 0 spiro atoms. The third-order valence-corrected chi connectivity index (χ3v) is 4.37. The maximum atomic E-state index is 12.7. The summed E-state index contributed by atoms with van der Waals surface area (Å²) >= 11 is 0. The maximum Gasteiger partial charge on any atom is 0.227 e. The molecule has 2 heterocycles. The molecular formula is C16H23ClN2O. The third kappa shape index (κ3) is 3.15. The Balaban J connectivity index is 0.00000147. The predicted octanol–water partition coefficient (Wildman–Crippen LogP) is 2.77. The van der Waals surface area contributed by atoms with Crippen molar-refractivity contribution in [1.82, 2.24) is 10.2 Å². The van der Waals surface area contributed by atoms with Crippen LogP contribution in [0.2, 0.25) is 0 Å². The fourth-order valence-corrected chi connectivity index (χ4v) is 3.35. The van der Waals surface area contributed by atoms with Crippen LogP contribution in [0.15, 0.2) is 30.3 Å². The summed E-state index contributed by atoms with van der Waals surface area (Å²) in [5.41, 5.74) is 1.29. The van der Waals surface area contributed by atoms with E-state index in [9.17, 15) is 4.79 Å². The molecule has 1 unspecified atom stereocenters. The fourth-order valence-electron chi connectivity index (χ4n) is 3.35. The Hall–Kier alpha value is -1.06. The van der Waals surface area contributed by atoms with E-state index in [1.807, 2.05) is 6.07 Å². The molecule has 0 saturated carbocycles. The largest absolute Gasteiger partial charge is 0.335 e. The van der Waals surface area contributed by atoms with Gasteiger partial charge in [-0.3, -0.25) is 4.79 Å². The number of nitrogens with zero attached hydrogens (tertiary/aromatic N) is 1. The van der Waals surface area contributed by atoms with Gasteiger partial charge in [0.05, 0.1) is 12.0 Å². The van der Waals surface area contributed by atoms with Crippen molar-refractivity contribution in [2.45, 2.75) is 31.7 Å². The van der Waals surface area contributed by atoms with E-state index in [2.05, 4.69) is 34.5 Å². The van der Waals surface area contributed by atoms with Crippen LogP contribution in [-0.2, 0) is 4.79 Å². The molecule has 2 aliphatic rings. The van der Waals surface area contributed by atoms with Gasteiger partial charge in [-0.05, 0) is 37.8 Å². The van der Waals surface area contributed by atoms with Gasteiger partial charge in [0.15, 0.2) is 0 Å². The van der Waals surface area contributed by atoms with Crippen LogP contribution in [0.1, 0.15) is 37.3 Å². The Morgan fingerprint density at radius 2 is 1.95 bits per heavy atom. The number of rotatable bonds is 2. The summed E-state index contributed by atoms with van der Waals surface area (Å²) < 4.78 is 0. The molecule has 0 bridgehead atoms. The van der Waals surface area contributed by atoms with Gasteiger partial charge in [-0.2, -0.15) is 0 Å². The first-order chi connectivity index (χ1) is 9.36. The van der Waals surface area contributed by atoms with Gasteiger partial charge in [0.25, 0.3) is 0 Å². The van der Waals surface area contributed by atoms with Gasteiger partial charge in [0, 0.05) is 13.1 Å². The van der Waals surface area contributed by atoms with Crippen LogP contribution in [0, 0.1) is 5.92 Å². The minimum absolute atomic E-state index is 0. The highest BCUT2D eigenvalue weighted by atomic mass is 35.5. The predicted molar refractivity (Wildman–Crippen MR) is 83.0 cm³/mol. The van der Waals surface area contributed by atoms with Gasteiger partial charge in [-0.15, -0.1) is 12.4 Å². The first kappa shape index (κ1) is 15.3. The van der Waals surface area contributed by atoms with E-state index < -0.39 is 0 Å². The normalized spacial score (nSPS) is 26.1. The summed E-state index contributed by atoms with van der Waals surface area (Å²) in [4.78, 5) is 14.8. The molecule has 1 aromatic rings. The van der Waals surface area contributed by atoms with Crippen LogP contribution in [0.3, 0.4) is 0 Å². The number of amides is 1. The maximum absolute atomic E-state index is 12.7. The first-order valence-corrected chi connectivity index (χ1v) is 7.42. The second kappa shape index (κ2) is 7.09. The van der Waals surface area contributed by atoms with E-state index in [0.717, 1.165) is 45.3 Å². The zero-order valence-corrected chi connectivity index (χ0v) is 12.6. The minimum atomic E-state index is 0. The van der Waals surface area contributed by atoms with E-state index in [-0.39, 0.29) is 18.3 Å². The quantitative estimate of drug-likeness (QED) is 0.910. The lowest BCUT2D eigenvalue weighted by molar-refractivity contribution is -0.137. The monoisotopic (exact) mass is 294 g/mol. The highest BCUT2D eigenvalue weighted by molar-refractivity contribution is 5.85. The van der Waals surface area contributed by atoms with E-state index in [1.54, 1.807) is 0 Å². The number of carbonyl (C=O) groups excluding carboxylic acids is 1. The van der Waals surface area contributed by atoms with E-state index in [0.29, 0.717) is 11.9 Å². The van der Waals surface area contributed by atoms with E-state index in [4.69, 9.17) is 0 Å². The highest BCUT2D eigenvalue weighted by Crippen LogP contribution is 2.33. The number of piperidine rings is 1. The lowest BCUT2D eigenvalue weighted by atomic mass is 9.97. The van der Waals surface area contributed by atoms with Crippen LogP contribution in [0.4, 0.5) is 0 Å². The summed E-state index contributed by atoms with van der Waals surface area (Å²) in [5, 5.41) is 3.35. The molecule has 2 aliphatic heterocycles. The molecule has 3 nitrogen and oxygen atoms in total. The Bertz CT molecular complexity index is 431. The second-order valence-electron chi connectivity index (χ2n) is 5.64. The third-order valence-electron chi connectivity index (χ3n) is 4.37. The molecule has 110 valence electrons. The molecule has 1 N–H and O–H groups in total. The van der Waals surface area contributed by atoms with Gasteiger partial charge in [0.2, 0.25) is 5.91 Å². The SMILES string of the molecule is Cl.O=C([C@@H]1CCCNC1)N1CCCC1c1ccccc1. The summed E-state index contributed by atoms with van der Waals surface area (Å²) in [5.74, 6) is 0.552. The summed E-state index contributed by atoms with van der Waals surface area (Å²) in [6, 6.07) is 10.8. The molecule has 4 heteroatoms. The highest BCUT2D eigenvalue weighted by Gasteiger charge is 2.34.